The predicted molar refractivity (Wildman–Crippen MR) is 26.5 cm³/mol. The van der Waals surface area contributed by atoms with Gasteiger partial charge in [-0.2, -0.15) is 0 Å². The summed E-state index contributed by atoms with van der Waals surface area (Å²) >= 11 is 0. The molecule has 0 aromatic carbocycles. The number of ether oxygens (including phenoxy) is 1. The minimum Gasteiger partial charge on any atom is -0.414 e. The van der Waals surface area contributed by atoms with Gasteiger partial charge in [-0.25, -0.2) is 0 Å². The zero-order valence-corrected chi connectivity index (χ0v) is 4.48. The van der Waals surface area contributed by atoms with Gasteiger partial charge >= 0.3 is 6.36 Å². The number of hydrogen-bond donors (Lipinski definition) is 0. The quantitative estimate of drug-likeness (QED) is 0.420. The molecule has 9 heavy (non-hydrogen) atoms. The van der Waals surface area contributed by atoms with E-state index in [1.807, 2.05) is 0 Å². The van der Waals surface area contributed by atoms with Gasteiger partial charge in [-0.15, -0.1) is 13.2 Å². The van der Waals surface area contributed by atoms with Crippen LogP contribution in [0.4, 0.5) is 13.2 Å². The number of halogens is 3. The topological polar surface area (TPSA) is 9.23 Å². The lowest BCUT2D eigenvalue weighted by Gasteiger charge is -2.01. The highest BCUT2D eigenvalue weighted by atomic mass is 19.4. The number of allylic oxidation sites excluding steroid dienone is 2. The highest BCUT2D eigenvalue weighted by Gasteiger charge is 2.28. The lowest BCUT2D eigenvalue weighted by atomic mass is 10.6. The van der Waals surface area contributed by atoms with Gasteiger partial charge in [-0.05, 0) is 6.08 Å². The normalized spacial score (nSPS) is 11.9. The molecule has 0 amide bonds. The third kappa shape index (κ3) is 7.07. The molecule has 0 unspecified atom stereocenters. The van der Waals surface area contributed by atoms with Crippen LogP contribution >= 0.6 is 0 Å². The third-order valence-corrected chi connectivity index (χ3v) is 0.416. The first-order valence-electron chi connectivity index (χ1n) is 2.08. The second kappa shape index (κ2) is 3.17. The summed E-state index contributed by atoms with van der Waals surface area (Å²) < 4.78 is 36.4. The van der Waals surface area contributed by atoms with E-state index in [0.717, 1.165) is 6.08 Å². The number of rotatable bonds is 2. The van der Waals surface area contributed by atoms with Crippen LogP contribution < -0.4 is 0 Å². The Bertz CT molecular complexity index is 114. The van der Waals surface area contributed by atoms with Gasteiger partial charge in [-0.1, -0.05) is 12.7 Å². The van der Waals surface area contributed by atoms with Crippen molar-refractivity contribution in [3.05, 3.63) is 25.0 Å². The Balaban J connectivity index is 3.50. The maximum absolute atomic E-state index is 11.1. The van der Waals surface area contributed by atoms with Gasteiger partial charge in [-0.3, -0.25) is 0 Å². The molecular formula is C5H5F3O. The van der Waals surface area contributed by atoms with Crippen LogP contribution in [0.2, 0.25) is 0 Å². The molecular weight excluding hydrogens is 133 g/mol. The van der Waals surface area contributed by atoms with Gasteiger partial charge in [0.15, 0.2) is 0 Å². The number of hydrogen-bond acceptors (Lipinski definition) is 1. The van der Waals surface area contributed by atoms with Crippen LogP contribution in [0.5, 0.6) is 0 Å². The molecule has 0 saturated carbocycles. The number of alkyl halides is 3. The van der Waals surface area contributed by atoms with E-state index in [4.69, 9.17) is 0 Å². The fraction of sp³-hybridized carbons (Fsp3) is 0.200. The van der Waals surface area contributed by atoms with E-state index in [0.29, 0.717) is 6.26 Å². The molecule has 0 aliphatic rings. The van der Waals surface area contributed by atoms with Crippen molar-refractivity contribution in [3.63, 3.8) is 0 Å². The van der Waals surface area contributed by atoms with E-state index < -0.39 is 6.36 Å². The average molecular weight is 138 g/mol. The molecule has 0 rings (SSSR count). The van der Waals surface area contributed by atoms with Gasteiger partial charge in [0.05, 0.1) is 6.26 Å². The van der Waals surface area contributed by atoms with E-state index in [-0.39, 0.29) is 0 Å². The summed E-state index contributed by atoms with van der Waals surface area (Å²) in [6.07, 6.45) is -1.83. The van der Waals surface area contributed by atoms with Gasteiger partial charge in [0, 0.05) is 0 Å². The highest BCUT2D eigenvalue weighted by molar-refractivity contribution is 4.92. The van der Waals surface area contributed by atoms with E-state index in [9.17, 15) is 13.2 Å². The molecule has 0 fully saturated rings. The molecule has 1 nitrogen and oxygen atoms in total. The molecule has 0 aliphatic carbocycles. The fourth-order valence-electron chi connectivity index (χ4n) is 0.172. The summed E-state index contributed by atoms with van der Waals surface area (Å²) in [5.74, 6) is 0. The van der Waals surface area contributed by atoms with Crippen molar-refractivity contribution in [2.24, 2.45) is 0 Å². The molecule has 0 heterocycles. The Morgan fingerprint density at radius 2 is 1.89 bits per heavy atom. The first kappa shape index (κ1) is 8.07. The third-order valence-electron chi connectivity index (χ3n) is 0.416. The van der Waals surface area contributed by atoms with Crippen molar-refractivity contribution in [3.8, 4) is 0 Å². The minimum atomic E-state index is -4.58. The van der Waals surface area contributed by atoms with E-state index in [1.54, 1.807) is 0 Å². The molecule has 4 heteroatoms. The maximum Gasteiger partial charge on any atom is 0.572 e. The van der Waals surface area contributed by atoms with Crippen LogP contribution in [0.3, 0.4) is 0 Å². The Morgan fingerprint density at radius 3 is 2.22 bits per heavy atom. The second-order valence-electron chi connectivity index (χ2n) is 1.13. The van der Waals surface area contributed by atoms with Crippen molar-refractivity contribution in [1.29, 1.82) is 0 Å². The Kier molecular flexibility index (Phi) is 2.84. The summed E-state index contributed by atoms with van der Waals surface area (Å²) in [5, 5.41) is 0. The molecule has 0 radical (unpaired) electrons. The average Bonchev–Trinajstić information content (AvgIpc) is 1.63. The Labute approximate surface area is 50.4 Å². The lowest BCUT2D eigenvalue weighted by molar-refractivity contribution is -0.298. The zero-order valence-electron chi connectivity index (χ0n) is 4.48. The van der Waals surface area contributed by atoms with Crippen LogP contribution in [-0.4, -0.2) is 6.36 Å². The summed E-state index contributed by atoms with van der Waals surface area (Å²) in [5.41, 5.74) is 0. The molecule has 0 saturated heterocycles. The molecule has 0 bridgehead atoms. The Hall–Kier alpha value is -0.930. The van der Waals surface area contributed by atoms with Crippen molar-refractivity contribution < 1.29 is 17.9 Å². The summed E-state index contributed by atoms with van der Waals surface area (Å²) in [4.78, 5) is 0. The SMILES string of the molecule is C=CC=COC(F)(F)F. The van der Waals surface area contributed by atoms with Crippen molar-refractivity contribution in [1.82, 2.24) is 0 Å². The molecule has 0 aromatic rings. The largest absolute Gasteiger partial charge is 0.572 e. The first-order valence-corrected chi connectivity index (χ1v) is 2.08. The van der Waals surface area contributed by atoms with Crippen molar-refractivity contribution in [2.75, 3.05) is 0 Å². The van der Waals surface area contributed by atoms with Crippen molar-refractivity contribution in [2.45, 2.75) is 6.36 Å². The Morgan fingerprint density at radius 1 is 1.33 bits per heavy atom. The lowest BCUT2D eigenvalue weighted by Crippen LogP contribution is -2.08. The second-order valence-corrected chi connectivity index (χ2v) is 1.13. The maximum atomic E-state index is 11.1. The minimum absolute atomic E-state index is 0.521. The van der Waals surface area contributed by atoms with Gasteiger partial charge in [0.1, 0.15) is 0 Å². The van der Waals surface area contributed by atoms with Crippen LogP contribution in [-0.2, 0) is 4.74 Å². The van der Waals surface area contributed by atoms with E-state index in [1.165, 1.54) is 6.08 Å². The van der Waals surface area contributed by atoms with Gasteiger partial charge < -0.3 is 4.74 Å². The van der Waals surface area contributed by atoms with Crippen LogP contribution in [0, 0.1) is 0 Å². The molecule has 0 aliphatic heterocycles. The first-order chi connectivity index (χ1) is 4.06. The molecule has 0 atom stereocenters. The summed E-state index contributed by atoms with van der Waals surface area (Å²) in [6, 6.07) is 0. The van der Waals surface area contributed by atoms with E-state index in [2.05, 4.69) is 11.3 Å². The predicted octanol–water partition coefficient (Wildman–Crippen LogP) is 2.22. The summed E-state index contributed by atoms with van der Waals surface area (Å²) in [7, 11) is 0. The monoisotopic (exact) mass is 138 g/mol. The fourth-order valence-corrected chi connectivity index (χ4v) is 0.172. The summed E-state index contributed by atoms with van der Waals surface area (Å²) in [6.45, 7) is 3.15. The van der Waals surface area contributed by atoms with Crippen molar-refractivity contribution >= 4 is 0 Å². The smallest absolute Gasteiger partial charge is 0.414 e. The standard InChI is InChI=1S/C5H5F3O/c1-2-3-4-9-5(6,7)8/h2-4H,1H2. The van der Waals surface area contributed by atoms with Crippen LogP contribution in [0.25, 0.3) is 0 Å². The molecule has 0 N–H and O–H groups in total. The van der Waals surface area contributed by atoms with Gasteiger partial charge in [0.2, 0.25) is 0 Å². The zero-order chi connectivity index (χ0) is 7.33. The molecule has 52 valence electrons. The molecule has 0 spiro atoms. The highest BCUT2D eigenvalue weighted by Crippen LogP contribution is 2.15. The van der Waals surface area contributed by atoms with Crippen LogP contribution in [0.1, 0.15) is 0 Å². The van der Waals surface area contributed by atoms with E-state index >= 15 is 0 Å². The molecule has 0 aromatic heterocycles. The van der Waals surface area contributed by atoms with Crippen LogP contribution in [0.15, 0.2) is 25.0 Å². The van der Waals surface area contributed by atoms with Gasteiger partial charge in [0.25, 0.3) is 0 Å².